The van der Waals surface area contributed by atoms with Crippen molar-refractivity contribution >= 4 is 35.5 Å². The number of hydroxylamine groups is 2. The van der Waals surface area contributed by atoms with Gasteiger partial charge in [0.05, 0.1) is 6.42 Å². The number of hydrogen-bond acceptors (Lipinski definition) is 8. The van der Waals surface area contributed by atoms with E-state index in [4.69, 9.17) is 9.57 Å². The lowest BCUT2D eigenvalue weighted by molar-refractivity contribution is -0.197. The zero-order valence-corrected chi connectivity index (χ0v) is 15.9. The molecule has 2 aliphatic rings. The van der Waals surface area contributed by atoms with Crippen LogP contribution in [0.1, 0.15) is 38.5 Å². The molecule has 2 rings (SSSR count). The van der Waals surface area contributed by atoms with Gasteiger partial charge in [0.2, 0.25) is 5.91 Å². The minimum atomic E-state index is -0.672. The van der Waals surface area contributed by atoms with E-state index in [-0.39, 0.29) is 44.7 Å². The van der Waals surface area contributed by atoms with Crippen LogP contribution in [0, 0.1) is 0 Å². The molecule has 0 radical (unpaired) electrons. The highest BCUT2D eigenvalue weighted by atomic mass is 16.7. The molecule has 0 aliphatic carbocycles. The SMILES string of the molecule is O=C(CCN1C(=O)C=CC1=O)NCCCOCCCC(=O)ON1C(=O)CCC1=O. The lowest BCUT2D eigenvalue weighted by atomic mass is 10.3. The second kappa shape index (κ2) is 11.1. The predicted molar refractivity (Wildman–Crippen MR) is 95.3 cm³/mol. The van der Waals surface area contributed by atoms with Crippen molar-refractivity contribution < 1.29 is 38.3 Å². The van der Waals surface area contributed by atoms with E-state index in [9.17, 15) is 28.8 Å². The Kier molecular flexibility index (Phi) is 8.46. The largest absolute Gasteiger partial charge is 0.381 e. The lowest BCUT2D eigenvalue weighted by Crippen LogP contribution is -2.35. The van der Waals surface area contributed by atoms with Crippen molar-refractivity contribution in [2.24, 2.45) is 0 Å². The van der Waals surface area contributed by atoms with Crippen LogP contribution in [0.25, 0.3) is 0 Å². The van der Waals surface area contributed by atoms with Crippen LogP contribution in [-0.2, 0) is 38.3 Å². The quantitative estimate of drug-likeness (QED) is 0.327. The summed E-state index contributed by atoms with van der Waals surface area (Å²) >= 11 is 0. The third kappa shape index (κ3) is 7.11. The standard InChI is InChI=1S/C18H23N3O8/c22-13(8-10-20-14(23)4-5-15(20)24)19-9-2-12-28-11-1-3-18(27)29-21-16(25)6-7-17(21)26/h4-5H,1-3,6-12H2,(H,19,22). The molecule has 0 aromatic heterocycles. The van der Waals surface area contributed by atoms with Gasteiger partial charge >= 0.3 is 5.97 Å². The molecule has 0 aromatic carbocycles. The van der Waals surface area contributed by atoms with Gasteiger partial charge in [0, 0.05) is 57.7 Å². The number of hydrogen-bond donors (Lipinski definition) is 1. The highest BCUT2D eigenvalue weighted by Gasteiger charge is 2.32. The van der Waals surface area contributed by atoms with Crippen molar-refractivity contribution in [2.45, 2.75) is 38.5 Å². The second-order valence-corrected chi connectivity index (χ2v) is 6.38. The van der Waals surface area contributed by atoms with Gasteiger partial charge in [-0.3, -0.25) is 28.9 Å². The first-order chi connectivity index (χ1) is 13.9. The van der Waals surface area contributed by atoms with Crippen molar-refractivity contribution in [1.29, 1.82) is 0 Å². The molecule has 158 valence electrons. The number of carbonyl (C=O) groups excluding carboxylic acids is 6. The second-order valence-electron chi connectivity index (χ2n) is 6.38. The first-order valence-electron chi connectivity index (χ1n) is 9.33. The van der Waals surface area contributed by atoms with Gasteiger partial charge in [-0.25, -0.2) is 4.79 Å². The van der Waals surface area contributed by atoms with Gasteiger partial charge in [0.1, 0.15) is 0 Å². The van der Waals surface area contributed by atoms with E-state index < -0.39 is 29.6 Å². The monoisotopic (exact) mass is 409 g/mol. The molecule has 29 heavy (non-hydrogen) atoms. The van der Waals surface area contributed by atoms with E-state index in [0.717, 1.165) is 4.90 Å². The first-order valence-corrected chi connectivity index (χ1v) is 9.33. The Morgan fingerprint density at radius 1 is 0.931 bits per heavy atom. The minimum absolute atomic E-state index is 0.0105. The summed E-state index contributed by atoms with van der Waals surface area (Å²) in [6.45, 7) is 1.07. The zero-order chi connectivity index (χ0) is 21.2. The van der Waals surface area contributed by atoms with Crippen molar-refractivity contribution in [2.75, 3.05) is 26.3 Å². The highest BCUT2D eigenvalue weighted by molar-refractivity contribution is 6.13. The van der Waals surface area contributed by atoms with Gasteiger partial charge in [0.25, 0.3) is 23.6 Å². The van der Waals surface area contributed by atoms with E-state index in [2.05, 4.69) is 5.32 Å². The van der Waals surface area contributed by atoms with Crippen LogP contribution in [0.15, 0.2) is 12.2 Å². The average Bonchev–Trinajstić information content (AvgIpc) is 3.17. The van der Waals surface area contributed by atoms with Gasteiger partial charge in [-0.05, 0) is 12.8 Å². The molecule has 5 amide bonds. The van der Waals surface area contributed by atoms with Gasteiger partial charge in [-0.2, -0.15) is 0 Å². The van der Waals surface area contributed by atoms with Crippen LogP contribution in [-0.4, -0.2) is 71.8 Å². The van der Waals surface area contributed by atoms with Crippen LogP contribution in [0.3, 0.4) is 0 Å². The van der Waals surface area contributed by atoms with Gasteiger partial charge in [-0.15, -0.1) is 5.06 Å². The summed E-state index contributed by atoms with van der Waals surface area (Å²) in [5.74, 6) is -2.81. The number of ether oxygens (including phenoxy) is 1. The summed E-state index contributed by atoms with van der Waals surface area (Å²) in [5, 5.41) is 3.17. The molecule has 0 unspecified atom stereocenters. The van der Waals surface area contributed by atoms with Crippen LogP contribution in [0.4, 0.5) is 0 Å². The summed E-state index contributed by atoms with van der Waals surface area (Å²) in [4.78, 5) is 74.3. The Labute approximate surface area is 166 Å². The lowest BCUT2D eigenvalue weighted by Gasteiger charge is -2.13. The van der Waals surface area contributed by atoms with Crippen molar-refractivity contribution in [3.8, 4) is 0 Å². The molecule has 0 spiro atoms. The maximum absolute atomic E-state index is 11.7. The molecule has 11 heteroatoms. The molecular weight excluding hydrogens is 386 g/mol. The smallest absolute Gasteiger partial charge is 0.333 e. The van der Waals surface area contributed by atoms with Crippen LogP contribution in [0.5, 0.6) is 0 Å². The van der Waals surface area contributed by atoms with Crippen molar-refractivity contribution in [3.05, 3.63) is 12.2 Å². The normalized spacial score (nSPS) is 16.1. The fourth-order valence-electron chi connectivity index (χ4n) is 2.58. The van der Waals surface area contributed by atoms with E-state index in [1.807, 2.05) is 0 Å². The van der Waals surface area contributed by atoms with Crippen molar-refractivity contribution in [1.82, 2.24) is 15.3 Å². The maximum atomic E-state index is 11.7. The van der Waals surface area contributed by atoms with Crippen molar-refractivity contribution in [3.63, 3.8) is 0 Å². The highest BCUT2D eigenvalue weighted by Crippen LogP contribution is 2.12. The summed E-state index contributed by atoms with van der Waals surface area (Å²) in [7, 11) is 0. The number of nitrogens with one attached hydrogen (secondary N) is 1. The van der Waals surface area contributed by atoms with Gasteiger partial charge in [0.15, 0.2) is 0 Å². The molecule has 2 heterocycles. The minimum Gasteiger partial charge on any atom is -0.381 e. The third-order valence-electron chi connectivity index (χ3n) is 4.12. The Hall–Kier alpha value is -3.08. The molecule has 0 saturated carbocycles. The average molecular weight is 409 g/mol. The summed E-state index contributed by atoms with van der Waals surface area (Å²) < 4.78 is 5.34. The van der Waals surface area contributed by atoms with Crippen LogP contribution < -0.4 is 5.32 Å². The summed E-state index contributed by atoms with van der Waals surface area (Å²) in [6.07, 6.45) is 3.41. The maximum Gasteiger partial charge on any atom is 0.333 e. The van der Waals surface area contributed by atoms with Crippen LogP contribution in [0.2, 0.25) is 0 Å². The number of amides is 5. The fourth-order valence-corrected chi connectivity index (χ4v) is 2.58. The zero-order valence-electron chi connectivity index (χ0n) is 15.9. The molecule has 1 saturated heterocycles. The number of carbonyl (C=O) groups is 6. The number of rotatable bonds is 12. The van der Waals surface area contributed by atoms with E-state index in [0.29, 0.717) is 31.1 Å². The van der Waals surface area contributed by atoms with E-state index in [1.165, 1.54) is 12.2 Å². The Morgan fingerprint density at radius 3 is 2.21 bits per heavy atom. The topological polar surface area (TPSA) is 139 Å². The predicted octanol–water partition coefficient (Wildman–Crippen LogP) is -0.788. The Bertz CT molecular complexity index is 684. The first kappa shape index (κ1) is 22.2. The van der Waals surface area contributed by atoms with Crippen LogP contribution >= 0.6 is 0 Å². The third-order valence-corrected chi connectivity index (χ3v) is 4.12. The molecule has 1 N–H and O–H groups in total. The molecule has 0 bridgehead atoms. The summed E-state index contributed by atoms with van der Waals surface area (Å²) in [5.41, 5.74) is 0. The molecule has 1 fully saturated rings. The fraction of sp³-hybridized carbons (Fsp3) is 0.556. The molecule has 0 atom stereocenters. The van der Waals surface area contributed by atoms with E-state index >= 15 is 0 Å². The van der Waals surface area contributed by atoms with E-state index in [1.54, 1.807) is 0 Å². The number of nitrogens with zero attached hydrogens (tertiary/aromatic N) is 2. The Morgan fingerprint density at radius 2 is 1.55 bits per heavy atom. The van der Waals surface area contributed by atoms with Gasteiger partial charge in [-0.1, -0.05) is 0 Å². The molecule has 2 aliphatic heterocycles. The summed E-state index contributed by atoms with van der Waals surface area (Å²) in [6, 6.07) is 0. The molecular formula is C18H23N3O8. The molecule has 11 nitrogen and oxygen atoms in total. The Balaban J connectivity index is 1.43. The molecule has 0 aromatic rings. The number of imide groups is 2. The van der Waals surface area contributed by atoms with Gasteiger partial charge < -0.3 is 14.9 Å².